The Morgan fingerprint density at radius 1 is 1.52 bits per heavy atom. The third kappa shape index (κ3) is 3.28. The first-order chi connectivity index (χ1) is 10.0. The number of methoxy groups -OCH3 is 1. The monoisotopic (exact) mass is 293 g/mol. The first-order valence-corrected chi connectivity index (χ1v) is 6.35. The van der Waals surface area contributed by atoms with E-state index in [4.69, 9.17) is 13.7 Å². The van der Waals surface area contributed by atoms with Gasteiger partial charge in [-0.1, -0.05) is 12.1 Å². The molecule has 2 aromatic rings. The maximum absolute atomic E-state index is 12.0. The molecule has 0 aliphatic carbocycles. The molecule has 2 aromatic heterocycles. The summed E-state index contributed by atoms with van der Waals surface area (Å²) >= 11 is 0. The van der Waals surface area contributed by atoms with Crippen molar-refractivity contribution < 1.29 is 18.5 Å². The third-order valence-electron chi connectivity index (χ3n) is 2.76. The van der Waals surface area contributed by atoms with Crippen molar-refractivity contribution in [3.63, 3.8) is 0 Å². The molecule has 2 heterocycles. The molecule has 0 fully saturated rings. The number of carbonyl (C=O) groups excluding carboxylic acids is 1. The fourth-order valence-corrected chi connectivity index (χ4v) is 1.58. The van der Waals surface area contributed by atoms with Gasteiger partial charge in [-0.2, -0.15) is 4.98 Å². The Labute approximate surface area is 120 Å². The van der Waals surface area contributed by atoms with Crippen LogP contribution in [-0.4, -0.2) is 23.2 Å². The van der Waals surface area contributed by atoms with Gasteiger partial charge in [0.2, 0.25) is 17.1 Å². The van der Waals surface area contributed by atoms with Crippen LogP contribution < -0.4 is 15.5 Å². The highest BCUT2D eigenvalue weighted by Gasteiger charge is 2.19. The zero-order chi connectivity index (χ0) is 15.4. The molecule has 21 heavy (non-hydrogen) atoms. The number of aryl methyl sites for hydroxylation is 1. The van der Waals surface area contributed by atoms with Crippen LogP contribution in [0.1, 0.15) is 42.2 Å². The highest BCUT2D eigenvalue weighted by Crippen LogP contribution is 2.11. The molecule has 0 saturated heterocycles. The SMILES string of the molecule is CCc1noc([C@@H](C)NC(=O)c2cc(=O)c(OC)co2)n1. The van der Waals surface area contributed by atoms with E-state index in [2.05, 4.69) is 15.5 Å². The Morgan fingerprint density at radius 3 is 2.86 bits per heavy atom. The Kier molecular flexibility index (Phi) is 4.36. The number of nitrogens with zero attached hydrogens (tertiary/aromatic N) is 2. The van der Waals surface area contributed by atoms with Gasteiger partial charge in [0.05, 0.1) is 7.11 Å². The molecule has 8 nitrogen and oxygen atoms in total. The summed E-state index contributed by atoms with van der Waals surface area (Å²) < 4.78 is 14.9. The number of aromatic nitrogens is 2. The minimum Gasteiger partial charge on any atom is -0.490 e. The summed E-state index contributed by atoms with van der Waals surface area (Å²) in [5, 5.41) is 6.35. The largest absolute Gasteiger partial charge is 0.490 e. The van der Waals surface area contributed by atoms with E-state index in [1.54, 1.807) is 6.92 Å². The number of amides is 1. The van der Waals surface area contributed by atoms with Gasteiger partial charge in [-0.25, -0.2) is 0 Å². The zero-order valence-electron chi connectivity index (χ0n) is 11.9. The molecular weight excluding hydrogens is 278 g/mol. The van der Waals surface area contributed by atoms with Crippen molar-refractivity contribution in [2.24, 2.45) is 0 Å². The van der Waals surface area contributed by atoms with Crippen molar-refractivity contribution in [1.29, 1.82) is 0 Å². The quantitative estimate of drug-likeness (QED) is 0.878. The van der Waals surface area contributed by atoms with Crippen molar-refractivity contribution >= 4 is 5.91 Å². The average molecular weight is 293 g/mol. The Hall–Kier alpha value is -2.64. The van der Waals surface area contributed by atoms with Crippen molar-refractivity contribution in [1.82, 2.24) is 15.5 Å². The molecule has 1 atom stereocenters. The van der Waals surface area contributed by atoms with Crippen LogP contribution in [0, 0.1) is 0 Å². The number of ether oxygens (including phenoxy) is 1. The highest BCUT2D eigenvalue weighted by atomic mass is 16.5. The lowest BCUT2D eigenvalue weighted by Gasteiger charge is -2.08. The van der Waals surface area contributed by atoms with Crippen molar-refractivity contribution in [3.8, 4) is 5.75 Å². The van der Waals surface area contributed by atoms with Gasteiger partial charge in [0.25, 0.3) is 5.91 Å². The van der Waals surface area contributed by atoms with Crippen molar-refractivity contribution in [2.75, 3.05) is 7.11 Å². The van der Waals surface area contributed by atoms with Crippen LogP contribution in [0.25, 0.3) is 0 Å². The minimum atomic E-state index is -0.557. The van der Waals surface area contributed by atoms with Gasteiger partial charge in [-0.15, -0.1) is 0 Å². The number of nitrogens with one attached hydrogen (secondary N) is 1. The van der Waals surface area contributed by atoms with Crippen molar-refractivity contribution in [3.05, 3.63) is 40.0 Å². The third-order valence-corrected chi connectivity index (χ3v) is 2.76. The molecular formula is C13H15N3O5. The van der Waals surface area contributed by atoms with Crippen LogP contribution in [0.15, 0.2) is 26.1 Å². The van der Waals surface area contributed by atoms with E-state index in [0.29, 0.717) is 12.2 Å². The van der Waals surface area contributed by atoms with E-state index >= 15 is 0 Å². The summed E-state index contributed by atoms with van der Waals surface area (Å²) in [5.41, 5.74) is -0.437. The minimum absolute atomic E-state index is 0.0316. The fraction of sp³-hybridized carbons (Fsp3) is 0.385. The molecule has 8 heteroatoms. The molecule has 1 amide bonds. The van der Waals surface area contributed by atoms with Crippen LogP contribution in [-0.2, 0) is 6.42 Å². The van der Waals surface area contributed by atoms with Gasteiger partial charge in [0, 0.05) is 12.5 Å². The van der Waals surface area contributed by atoms with Gasteiger partial charge < -0.3 is 19.0 Å². The second-order valence-electron chi connectivity index (χ2n) is 4.27. The fourth-order valence-electron chi connectivity index (χ4n) is 1.58. The predicted molar refractivity (Wildman–Crippen MR) is 71.1 cm³/mol. The Bertz CT molecular complexity index is 691. The zero-order valence-corrected chi connectivity index (χ0v) is 11.9. The normalized spacial score (nSPS) is 12.0. The topological polar surface area (TPSA) is 107 Å². The molecule has 1 N–H and O–H groups in total. The number of rotatable bonds is 5. The van der Waals surface area contributed by atoms with Gasteiger partial charge in [0.1, 0.15) is 12.3 Å². The summed E-state index contributed by atoms with van der Waals surface area (Å²) in [6, 6.07) is 0.560. The smallest absolute Gasteiger partial charge is 0.287 e. The van der Waals surface area contributed by atoms with Crippen LogP contribution in [0.4, 0.5) is 0 Å². The molecule has 0 radical (unpaired) electrons. The van der Waals surface area contributed by atoms with Gasteiger partial charge in [-0.05, 0) is 6.92 Å². The number of hydrogen-bond acceptors (Lipinski definition) is 7. The second-order valence-corrected chi connectivity index (χ2v) is 4.27. The van der Waals surface area contributed by atoms with E-state index in [-0.39, 0.29) is 17.4 Å². The van der Waals surface area contributed by atoms with E-state index in [0.717, 1.165) is 12.3 Å². The molecule has 2 rings (SSSR count). The average Bonchev–Trinajstić information content (AvgIpc) is 2.96. The van der Waals surface area contributed by atoms with E-state index in [1.807, 2.05) is 6.92 Å². The van der Waals surface area contributed by atoms with Crippen LogP contribution in [0.3, 0.4) is 0 Å². The molecule has 0 aromatic carbocycles. The molecule has 0 aliphatic heterocycles. The Morgan fingerprint density at radius 2 is 2.29 bits per heavy atom. The summed E-state index contributed by atoms with van der Waals surface area (Å²) in [5.74, 6) is 0.198. The maximum atomic E-state index is 12.0. The standard InChI is InChI=1S/C13H15N3O5/c1-4-11-15-13(21-16-11)7(2)14-12(18)9-5-8(17)10(19-3)6-20-9/h5-7H,4H2,1-3H3,(H,14,18)/t7-/m1/s1. The lowest BCUT2D eigenvalue weighted by atomic mass is 10.3. The Balaban J connectivity index is 2.10. The molecule has 112 valence electrons. The summed E-state index contributed by atoms with van der Waals surface area (Å²) in [6.07, 6.45) is 1.72. The summed E-state index contributed by atoms with van der Waals surface area (Å²) in [6.45, 7) is 3.58. The van der Waals surface area contributed by atoms with Gasteiger partial charge in [0.15, 0.2) is 11.6 Å². The van der Waals surface area contributed by atoms with E-state index in [9.17, 15) is 9.59 Å². The molecule has 0 spiro atoms. The molecule has 0 unspecified atom stereocenters. The van der Waals surface area contributed by atoms with E-state index < -0.39 is 17.4 Å². The first-order valence-electron chi connectivity index (χ1n) is 6.35. The predicted octanol–water partition coefficient (Wildman–Crippen LogP) is 1.08. The van der Waals surface area contributed by atoms with Crippen LogP contribution >= 0.6 is 0 Å². The molecule has 0 bridgehead atoms. The highest BCUT2D eigenvalue weighted by molar-refractivity contribution is 5.91. The van der Waals surface area contributed by atoms with Crippen LogP contribution in [0.5, 0.6) is 5.75 Å². The second kappa shape index (κ2) is 6.21. The summed E-state index contributed by atoms with van der Waals surface area (Å²) in [4.78, 5) is 27.7. The van der Waals surface area contributed by atoms with Crippen molar-refractivity contribution in [2.45, 2.75) is 26.3 Å². The number of carbonyl (C=O) groups is 1. The lowest BCUT2D eigenvalue weighted by Crippen LogP contribution is -2.27. The van der Waals surface area contributed by atoms with E-state index in [1.165, 1.54) is 7.11 Å². The molecule has 0 aliphatic rings. The summed E-state index contributed by atoms with van der Waals surface area (Å²) in [7, 11) is 1.34. The van der Waals surface area contributed by atoms with Crippen LogP contribution in [0.2, 0.25) is 0 Å². The van der Waals surface area contributed by atoms with Gasteiger partial charge in [-0.3, -0.25) is 9.59 Å². The number of hydrogen-bond donors (Lipinski definition) is 1. The maximum Gasteiger partial charge on any atom is 0.287 e. The van der Waals surface area contributed by atoms with Gasteiger partial charge >= 0.3 is 0 Å². The first kappa shape index (κ1) is 14.8. The lowest BCUT2D eigenvalue weighted by molar-refractivity contribution is 0.0901. The molecule has 0 saturated carbocycles.